The van der Waals surface area contributed by atoms with Crippen molar-refractivity contribution in [2.75, 3.05) is 20.2 Å². The molecule has 1 atom stereocenters. The Bertz CT molecular complexity index is 519. The van der Waals surface area contributed by atoms with Gasteiger partial charge in [-0.25, -0.2) is 0 Å². The summed E-state index contributed by atoms with van der Waals surface area (Å²) in [4.78, 5) is 24.3. The molecule has 0 saturated heterocycles. The first kappa shape index (κ1) is 13.7. The highest BCUT2D eigenvalue weighted by atomic mass is 35.5. The molecular formula is C13H15ClN2O3. The van der Waals surface area contributed by atoms with Crippen LogP contribution in [0, 0.1) is 5.92 Å². The highest BCUT2D eigenvalue weighted by Gasteiger charge is 2.28. The van der Waals surface area contributed by atoms with Crippen molar-refractivity contribution in [1.29, 1.82) is 0 Å². The molecule has 2 rings (SSSR count). The number of hydrogen-bond acceptors (Lipinski definition) is 3. The first-order chi connectivity index (χ1) is 8.97. The third-order valence-corrected chi connectivity index (χ3v) is 3.28. The van der Waals surface area contributed by atoms with Crippen LogP contribution in [0.15, 0.2) is 18.2 Å². The van der Waals surface area contributed by atoms with E-state index in [4.69, 9.17) is 22.1 Å². The standard InChI is InChI=1S/C13H15ClN2O3/c1-16(6-12(15)17)13(18)9-4-8-5-10(14)2-3-11(8)19-7-9/h2-3,5,9H,4,6-7H2,1H3,(H2,15,17)/t9-/m0/s1. The molecule has 5 nitrogen and oxygen atoms in total. The fourth-order valence-electron chi connectivity index (χ4n) is 2.15. The van der Waals surface area contributed by atoms with Crippen LogP contribution in [-0.2, 0) is 16.0 Å². The van der Waals surface area contributed by atoms with Crippen LogP contribution in [-0.4, -0.2) is 36.9 Å². The molecule has 2 N–H and O–H groups in total. The van der Waals surface area contributed by atoms with Crippen LogP contribution in [0.2, 0.25) is 5.02 Å². The van der Waals surface area contributed by atoms with E-state index in [-0.39, 0.29) is 18.4 Å². The predicted molar refractivity (Wildman–Crippen MR) is 71.0 cm³/mol. The average Bonchev–Trinajstić information content (AvgIpc) is 2.36. The van der Waals surface area contributed by atoms with Crippen LogP contribution in [0.5, 0.6) is 5.75 Å². The lowest BCUT2D eigenvalue weighted by molar-refractivity contribution is -0.138. The number of halogens is 1. The van der Waals surface area contributed by atoms with Crippen LogP contribution >= 0.6 is 11.6 Å². The van der Waals surface area contributed by atoms with Crippen LogP contribution in [0.25, 0.3) is 0 Å². The molecule has 1 aromatic rings. The molecule has 0 unspecified atom stereocenters. The second-order valence-electron chi connectivity index (χ2n) is 4.62. The van der Waals surface area contributed by atoms with Crippen molar-refractivity contribution < 1.29 is 14.3 Å². The summed E-state index contributed by atoms with van der Waals surface area (Å²) in [5.41, 5.74) is 5.98. The molecular weight excluding hydrogens is 268 g/mol. The maximum Gasteiger partial charge on any atom is 0.237 e. The minimum atomic E-state index is -0.531. The van der Waals surface area contributed by atoms with Crippen molar-refractivity contribution in [3.63, 3.8) is 0 Å². The molecule has 0 radical (unpaired) electrons. The van der Waals surface area contributed by atoms with Crippen molar-refractivity contribution in [2.45, 2.75) is 6.42 Å². The van der Waals surface area contributed by atoms with E-state index in [0.717, 1.165) is 11.3 Å². The van der Waals surface area contributed by atoms with Crippen molar-refractivity contribution in [1.82, 2.24) is 4.90 Å². The fourth-order valence-corrected chi connectivity index (χ4v) is 2.34. The molecule has 1 heterocycles. The van der Waals surface area contributed by atoms with Gasteiger partial charge < -0.3 is 15.4 Å². The first-order valence-electron chi connectivity index (χ1n) is 5.92. The number of likely N-dealkylation sites (N-methyl/N-ethyl adjacent to an activating group) is 1. The van der Waals surface area contributed by atoms with Crippen molar-refractivity contribution in [2.24, 2.45) is 11.7 Å². The monoisotopic (exact) mass is 282 g/mol. The zero-order chi connectivity index (χ0) is 14.0. The number of hydrogen-bond donors (Lipinski definition) is 1. The summed E-state index contributed by atoms with van der Waals surface area (Å²) in [7, 11) is 1.56. The van der Waals surface area contributed by atoms with E-state index in [0.29, 0.717) is 18.1 Å². The Hall–Kier alpha value is -1.75. The van der Waals surface area contributed by atoms with E-state index in [1.54, 1.807) is 25.2 Å². The molecule has 0 aromatic heterocycles. The molecule has 2 amide bonds. The minimum Gasteiger partial charge on any atom is -0.492 e. The molecule has 0 aliphatic carbocycles. The Kier molecular flexibility index (Phi) is 3.95. The largest absolute Gasteiger partial charge is 0.492 e. The molecule has 1 aliphatic heterocycles. The highest BCUT2D eigenvalue weighted by molar-refractivity contribution is 6.30. The SMILES string of the molecule is CN(CC(N)=O)C(=O)[C@@H]1COc2ccc(Cl)cc2C1. The van der Waals surface area contributed by atoms with Crippen molar-refractivity contribution >= 4 is 23.4 Å². The van der Waals surface area contributed by atoms with E-state index < -0.39 is 5.91 Å². The molecule has 6 heteroatoms. The molecule has 19 heavy (non-hydrogen) atoms. The molecule has 0 bridgehead atoms. The maximum absolute atomic E-state index is 12.1. The summed E-state index contributed by atoms with van der Waals surface area (Å²) in [5.74, 6) is -0.234. The van der Waals surface area contributed by atoms with E-state index in [1.807, 2.05) is 0 Å². The Morgan fingerprint density at radius 2 is 2.26 bits per heavy atom. The second-order valence-corrected chi connectivity index (χ2v) is 5.06. The van der Waals surface area contributed by atoms with Crippen molar-refractivity contribution in [3.8, 4) is 5.75 Å². The average molecular weight is 283 g/mol. The smallest absolute Gasteiger partial charge is 0.237 e. The van der Waals surface area contributed by atoms with Gasteiger partial charge in [0.15, 0.2) is 0 Å². The van der Waals surface area contributed by atoms with Gasteiger partial charge >= 0.3 is 0 Å². The van der Waals surface area contributed by atoms with Gasteiger partial charge in [0.1, 0.15) is 12.4 Å². The first-order valence-corrected chi connectivity index (χ1v) is 6.29. The van der Waals surface area contributed by atoms with E-state index in [9.17, 15) is 9.59 Å². The summed E-state index contributed by atoms with van der Waals surface area (Å²) in [6.45, 7) is 0.217. The van der Waals surface area contributed by atoms with E-state index in [1.165, 1.54) is 4.90 Å². The van der Waals surface area contributed by atoms with Crippen LogP contribution in [0.4, 0.5) is 0 Å². The van der Waals surface area contributed by atoms with Crippen LogP contribution in [0.1, 0.15) is 5.56 Å². The van der Waals surface area contributed by atoms with Gasteiger partial charge in [-0.3, -0.25) is 9.59 Å². The van der Waals surface area contributed by atoms with Gasteiger partial charge in [0.25, 0.3) is 0 Å². The van der Waals surface area contributed by atoms with E-state index >= 15 is 0 Å². The van der Waals surface area contributed by atoms with Gasteiger partial charge in [-0.1, -0.05) is 11.6 Å². The van der Waals surface area contributed by atoms with Gasteiger partial charge in [-0.15, -0.1) is 0 Å². The number of nitrogens with two attached hydrogens (primary N) is 1. The Labute approximate surface area is 116 Å². The lowest BCUT2D eigenvalue weighted by atomic mass is 9.95. The minimum absolute atomic E-state index is 0.0856. The lowest BCUT2D eigenvalue weighted by Crippen LogP contribution is -2.42. The maximum atomic E-state index is 12.1. The number of ether oxygens (including phenoxy) is 1. The number of rotatable bonds is 3. The van der Waals surface area contributed by atoms with Crippen molar-refractivity contribution in [3.05, 3.63) is 28.8 Å². The summed E-state index contributed by atoms with van der Waals surface area (Å²) in [5, 5.41) is 0.612. The lowest BCUT2D eigenvalue weighted by Gasteiger charge is -2.27. The second kappa shape index (κ2) is 5.48. The number of fused-ring (bicyclic) bond motifs is 1. The summed E-state index contributed by atoms with van der Waals surface area (Å²) in [6, 6.07) is 5.34. The molecule has 1 aliphatic rings. The highest BCUT2D eigenvalue weighted by Crippen LogP contribution is 2.30. The van der Waals surface area contributed by atoms with Gasteiger partial charge in [-0.05, 0) is 30.2 Å². The number of benzene rings is 1. The quantitative estimate of drug-likeness (QED) is 0.893. The third-order valence-electron chi connectivity index (χ3n) is 3.05. The normalized spacial score (nSPS) is 17.3. The zero-order valence-corrected chi connectivity index (χ0v) is 11.3. The Morgan fingerprint density at radius 1 is 1.53 bits per heavy atom. The Balaban J connectivity index is 2.08. The summed E-state index contributed by atoms with van der Waals surface area (Å²) >= 11 is 5.92. The summed E-state index contributed by atoms with van der Waals surface area (Å²) in [6.07, 6.45) is 0.553. The number of amides is 2. The van der Waals surface area contributed by atoms with Crippen LogP contribution < -0.4 is 10.5 Å². The van der Waals surface area contributed by atoms with Gasteiger partial charge in [0.05, 0.1) is 12.5 Å². The van der Waals surface area contributed by atoms with Gasteiger partial charge in [-0.2, -0.15) is 0 Å². The van der Waals surface area contributed by atoms with Crippen LogP contribution in [0.3, 0.4) is 0 Å². The molecule has 0 saturated carbocycles. The Morgan fingerprint density at radius 3 is 2.95 bits per heavy atom. The number of carbonyl (C=O) groups excluding carboxylic acids is 2. The van der Waals surface area contributed by atoms with Gasteiger partial charge in [0.2, 0.25) is 11.8 Å². The van der Waals surface area contributed by atoms with E-state index in [2.05, 4.69) is 0 Å². The molecule has 1 aromatic carbocycles. The van der Waals surface area contributed by atoms with Gasteiger partial charge in [0, 0.05) is 12.1 Å². The fraction of sp³-hybridized carbons (Fsp3) is 0.385. The molecule has 102 valence electrons. The predicted octanol–water partition coefficient (Wildman–Crippen LogP) is 0.835. The number of nitrogens with zero attached hydrogens (tertiary/aromatic N) is 1. The third kappa shape index (κ3) is 3.17. The topological polar surface area (TPSA) is 72.6 Å². The zero-order valence-electron chi connectivity index (χ0n) is 10.6. The number of carbonyl (C=O) groups is 2. The molecule has 0 spiro atoms. The molecule has 0 fully saturated rings. The number of primary amides is 1. The summed E-state index contributed by atoms with van der Waals surface area (Å²) < 4.78 is 5.55.